The monoisotopic (exact) mass is 424 g/mol. The van der Waals surface area contributed by atoms with Gasteiger partial charge in [-0.2, -0.15) is 0 Å². The Balaban J connectivity index is 1.48. The molecule has 29 heavy (non-hydrogen) atoms. The lowest BCUT2D eigenvalue weighted by molar-refractivity contribution is -0.142. The van der Waals surface area contributed by atoms with E-state index in [2.05, 4.69) is 10.0 Å². The fourth-order valence-corrected chi connectivity index (χ4v) is 5.29. The van der Waals surface area contributed by atoms with Crippen LogP contribution >= 0.6 is 0 Å². The number of aliphatic hydroxyl groups is 1. The third kappa shape index (κ3) is 4.67. The van der Waals surface area contributed by atoms with Crippen molar-refractivity contribution in [3.63, 3.8) is 0 Å². The van der Waals surface area contributed by atoms with Gasteiger partial charge in [-0.05, 0) is 37.5 Å². The zero-order chi connectivity index (χ0) is 20.6. The highest BCUT2D eigenvalue weighted by Gasteiger charge is 2.46. The molecule has 0 aromatic heterocycles. The smallest absolute Gasteiger partial charge is 0.229 e. The van der Waals surface area contributed by atoms with Gasteiger partial charge in [0.25, 0.3) is 0 Å². The summed E-state index contributed by atoms with van der Waals surface area (Å²) in [7, 11) is -3.39. The normalized spacial score (nSPS) is 29.0. The summed E-state index contributed by atoms with van der Waals surface area (Å²) in [6.07, 6.45) is 5.08. The number of rotatable bonds is 6. The van der Waals surface area contributed by atoms with Crippen LogP contribution in [0.5, 0.6) is 5.75 Å². The molecule has 1 saturated carbocycles. The Morgan fingerprint density at radius 2 is 2.03 bits per heavy atom. The Labute approximate surface area is 171 Å². The maximum atomic E-state index is 12.4. The average molecular weight is 425 g/mol. The number of nitrogens with one attached hydrogen (secondary N) is 2. The molecule has 0 radical (unpaired) electrons. The van der Waals surface area contributed by atoms with Crippen LogP contribution in [0.2, 0.25) is 0 Å². The number of sulfonamides is 1. The van der Waals surface area contributed by atoms with Crippen LogP contribution in [0.1, 0.15) is 50.0 Å². The summed E-state index contributed by atoms with van der Waals surface area (Å²) < 4.78 is 37.6. The molecule has 4 atom stereocenters. The molecule has 8 nitrogen and oxygen atoms in total. The van der Waals surface area contributed by atoms with Crippen molar-refractivity contribution in [1.29, 1.82) is 0 Å². The van der Waals surface area contributed by atoms with E-state index in [0.29, 0.717) is 17.9 Å². The molecule has 160 valence electrons. The molecule has 0 bridgehead atoms. The zero-order valence-electron chi connectivity index (χ0n) is 16.5. The Bertz CT molecular complexity index is 868. The van der Waals surface area contributed by atoms with Crippen LogP contribution in [0.15, 0.2) is 18.2 Å². The summed E-state index contributed by atoms with van der Waals surface area (Å²) in [4.78, 5) is 12.4. The number of carbonyl (C=O) groups excluding carboxylic acids is 1. The van der Waals surface area contributed by atoms with Crippen LogP contribution in [0.25, 0.3) is 0 Å². The lowest BCUT2D eigenvalue weighted by Crippen LogP contribution is -2.47. The molecule has 3 aliphatic rings. The van der Waals surface area contributed by atoms with Crippen molar-refractivity contribution >= 4 is 21.6 Å². The average Bonchev–Trinajstić information content (AvgIpc) is 3.27. The number of fused-ring (bicyclic) bond motifs is 3. The number of aliphatic hydroxyl groups excluding tert-OH is 1. The van der Waals surface area contributed by atoms with E-state index in [9.17, 15) is 18.3 Å². The van der Waals surface area contributed by atoms with Gasteiger partial charge in [0, 0.05) is 23.2 Å². The van der Waals surface area contributed by atoms with Gasteiger partial charge in [0.2, 0.25) is 15.9 Å². The lowest BCUT2D eigenvalue weighted by atomic mass is 9.84. The van der Waals surface area contributed by atoms with Gasteiger partial charge in [0.05, 0.1) is 25.4 Å². The predicted molar refractivity (Wildman–Crippen MR) is 107 cm³/mol. The molecule has 1 saturated heterocycles. The van der Waals surface area contributed by atoms with Crippen LogP contribution in [0, 0.1) is 0 Å². The highest BCUT2D eigenvalue weighted by atomic mass is 32.2. The van der Waals surface area contributed by atoms with E-state index in [-0.39, 0.29) is 43.1 Å². The molecule has 1 aromatic carbocycles. The Kier molecular flexibility index (Phi) is 5.72. The first-order valence-corrected chi connectivity index (χ1v) is 12.1. The number of amides is 1. The van der Waals surface area contributed by atoms with Gasteiger partial charge >= 0.3 is 0 Å². The highest BCUT2D eigenvalue weighted by Crippen LogP contribution is 2.47. The molecule has 0 unspecified atom stereocenters. The summed E-state index contributed by atoms with van der Waals surface area (Å²) in [6, 6.07) is 5.42. The number of hydrogen-bond donors (Lipinski definition) is 3. The molecule has 2 aliphatic heterocycles. The van der Waals surface area contributed by atoms with E-state index in [0.717, 1.165) is 37.5 Å². The first-order chi connectivity index (χ1) is 13.8. The van der Waals surface area contributed by atoms with Crippen LogP contribution in [-0.4, -0.2) is 56.6 Å². The van der Waals surface area contributed by atoms with Gasteiger partial charge in [-0.15, -0.1) is 0 Å². The SMILES string of the molecule is CS(=O)(=O)Nc1ccc2c(c1)[C@@H]1C[C@@H](CC(=O)NC3CCCC3)O[C@H](CO)[C@@H]1O2. The van der Waals surface area contributed by atoms with Crippen LogP contribution in [-0.2, 0) is 19.6 Å². The Morgan fingerprint density at radius 1 is 1.28 bits per heavy atom. The second-order valence-electron chi connectivity index (χ2n) is 8.28. The quantitative estimate of drug-likeness (QED) is 0.638. The maximum Gasteiger partial charge on any atom is 0.229 e. The van der Waals surface area contributed by atoms with Gasteiger partial charge in [-0.25, -0.2) is 8.42 Å². The molecule has 2 fully saturated rings. The second-order valence-corrected chi connectivity index (χ2v) is 10.0. The summed E-state index contributed by atoms with van der Waals surface area (Å²) in [6.45, 7) is -0.204. The molecule has 1 aliphatic carbocycles. The largest absolute Gasteiger partial charge is 0.487 e. The van der Waals surface area contributed by atoms with E-state index in [1.165, 1.54) is 0 Å². The third-order valence-electron chi connectivity index (χ3n) is 5.94. The minimum atomic E-state index is -3.39. The first kappa shape index (κ1) is 20.4. The first-order valence-electron chi connectivity index (χ1n) is 10.2. The van der Waals surface area contributed by atoms with Crippen LogP contribution in [0.3, 0.4) is 0 Å². The summed E-state index contributed by atoms with van der Waals surface area (Å²) in [5, 5.41) is 12.9. The molecule has 0 spiro atoms. The minimum Gasteiger partial charge on any atom is -0.487 e. The van der Waals surface area contributed by atoms with Crippen molar-refractivity contribution in [2.75, 3.05) is 17.6 Å². The van der Waals surface area contributed by atoms with Crippen molar-refractivity contribution in [3.8, 4) is 5.75 Å². The van der Waals surface area contributed by atoms with E-state index in [1.54, 1.807) is 18.2 Å². The van der Waals surface area contributed by atoms with Crippen molar-refractivity contribution in [2.24, 2.45) is 0 Å². The van der Waals surface area contributed by atoms with E-state index >= 15 is 0 Å². The summed E-state index contributed by atoms with van der Waals surface area (Å²) in [5.74, 6) is 0.572. The highest BCUT2D eigenvalue weighted by molar-refractivity contribution is 7.92. The van der Waals surface area contributed by atoms with Crippen molar-refractivity contribution in [2.45, 2.75) is 68.8 Å². The minimum absolute atomic E-state index is 0.0244. The zero-order valence-corrected chi connectivity index (χ0v) is 17.3. The van der Waals surface area contributed by atoms with Gasteiger partial charge < -0.3 is 19.9 Å². The lowest BCUT2D eigenvalue weighted by Gasteiger charge is -2.37. The second kappa shape index (κ2) is 8.12. The van der Waals surface area contributed by atoms with E-state index < -0.39 is 16.1 Å². The van der Waals surface area contributed by atoms with Gasteiger partial charge in [0.1, 0.15) is 18.0 Å². The summed E-state index contributed by atoms with van der Waals surface area (Å²) in [5.41, 5.74) is 1.35. The molecule has 1 amide bonds. The van der Waals surface area contributed by atoms with Crippen molar-refractivity contribution in [1.82, 2.24) is 5.32 Å². The van der Waals surface area contributed by atoms with E-state index in [4.69, 9.17) is 9.47 Å². The number of carbonyl (C=O) groups is 1. The molecular weight excluding hydrogens is 396 g/mol. The number of hydrogen-bond acceptors (Lipinski definition) is 6. The number of ether oxygens (including phenoxy) is 2. The van der Waals surface area contributed by atoms with Crippen LogP contribution < -0.4 is 14.8 Å². The van der Waals surface area contributed by atoms with Crippen molar-refractivity contribution in [3.05, 3.63) is 23.8 Å². The molecule has 1 aromatic rings. The molecule has 3 N–H and O–H groups in total. The van der Waals surface area contributed by atoms with Gasteiger partial charge in [-0.1, -0.05) is 12.8 Å². The third-order valence-corrected chi connectivity index (χ3v) is 6.54. The topological polar surface area (TPSA) is 114 Å². The maximum absolute atomic E-state index is 12.4. The van der Waals surface area contributed by atoms with Gasteiger partial charge in [-0.3, -0.25) is 9.52 Å². The Hall–Kier alpha value is -1.84. The molecule has 4 rings (SSSR count). The standard InChI is InChI=1S/C20H28N2O6S/c1-29(25,26)22-13-6-7-17-15(8-13)16-9-14(27-18(11-23)20(16)28-17)10-19(24)21-12-4-2-3-5-12/h6-8,12,14,16,18,20,22-23H,2-5,9-11H2,1H3,(H,21,24)/t14-,16-,18+,20+/m0/s1. The predicted octanol–water partition coefficient (Wildman–Crippen LogP) is 1.50. The molecule has 2 heterocycles. The van der Waals surface area contributed by atoms with Crippen LogP contribution in [0.4, 0.5) is 5.69 Å². The molecular formula is C20H28N2O6S. The van der Waals surface area contributed by atoms with Gasteiger partial charge in [0.15, 0.2) is 0 Å². The van der Waals surface area contributed by atoms with E-state index in [1.807, 2.05) is 0 Å². The number of anilines is 1. The number of benzene rings is 1. The van der Waals surface area contributed by atoms with Crippen molar-refractivity contribution < 1.29 is 27.8 Å². The fourth-order valence-electron chi connectivity index (χ4n) is 4.73. The molecule has 9 heteroatoms. The fraction of sp³-hybridized carbons (Fsp3) is 0.650. The Morgan fingerprint density at radius 3 is 2.72 bits per heavy atom. The summed E-state index contributed by atoms with van der Waals surface area (Å²) >= 11 is 0.